The topological polar surface area (TPSA) is 36.4 Å². The highest BCUT2D eigenvalue weighted by atomic mass is 16.1. The quantitative estimate of drug-likeness (QED) is 0.741. The van der Waals surface area contributed by atoms with E-state index in [1.807, 2.05) is 19.2 Å². The Morgan fingerprint density at radius 3 is 2.88 bits per heavy atom. The third kappa shape index (κ3) is 2.82. The third-order valence-electron chi connectivity index (χ3n) is 3.23. The van der Waals surface area contributed by atoms with Crippen molar-refractivity contribution < 1.29 is 4.79 Å². The SMILES string of the molecule is CN(c1ncccc1CC=O)N1CCCCC1. The van der Waals surface area contributed by atoms with Crippen LogP contribution in [0.15, 0.2) is 18.3 Å². The Kier molecular flexibility index (Phi) is 4.09. The molecular weight excluding hydrogens is 214 g/mol. The lowest BCUT2D eigenvalue weighted by Crippen LogP contribution is -2.44. The molecule has 2 rings (SSSR count). The summed E-state index contributed by atoms with van der Waals surface area (Å²) in [7, 11) is 2.03. The number of carbonyl (C=O) groups is 1. The molecule has 0 saturated carbocycles. The number of hydrogen-bond acceptors (Lipinski definition) is 4. The molecule has 0 radical (unpaired) electrons. The number of hydrazine groups is 1. The van der Waals surface area contributed by atoms with E-state index in [0.29, 0.717) is 6.42 Å². The van der Waals surface area contributed by atoms with Crippen LogP contribution in [0.25, 0.3) is 0 Å². The summed E-state index contributed by atoms with van der Waals surface area (Å²) in [6.45, 7) is 2.15. The molecule has 0 aliphatic carbocycles. The minimum Gasteiger partial charge on any atom is -0.303 e. The van der Waals surface area contributed by atoms with E-state index in [4.69, 9.17) is 0 Å². The zero-order valence-electron chi connectivity index (χ0n) is 10.3. The van der Waals surface area contributed by atoms with Crippen LogP contribution in [-0.2, 0) is 11.2 Å². The Bertz CT molecular complexity index is 375. The molecule has 4 heteroatoms. The van der Waals surface area contributed by atoms with Crippen molar-refractivity contribution in [3.05, 3.63) is 23.9 Å². The summed E-state index contributed by atoms with van der Waals surface area (Å²) in [6.07, 6.45) is 6.93. The van der Waals surface area contributed by atoms with Gasteiger partial charge in [0, 0.05) is 38.3 Å². The van der Waals surface area contributed by atoms with Crippen LogP contribution in [0.5, 0.6) is 0 Å². The van der Waals surface area contributed by atoms with Gasteiger partial charge in [-0.1, -0.05) is 12.5 Å². The monoisotopic (exact) mass is 233 g/mol. The molecule has 4 nitrogen and oxygen atoms in total. The highest BCUT2D eigenvalue weighted by molar-refractivity contribution is 5.60. The fourth-order valence-electron chi connectivity index (χ4n) is 2.28. The van der Waals surface area contributed by atoms with E-state index in [1.54, 1.807) is 6.20 Å². The molecule has 92 valence electrons. The van der Waals surface area contributed by atoms with Gasteiger partial charge in [0.15, 0.2) is 0 Å². The van der Waals surface area contributed by atoms with Gasteiger partial charge >= 0.3 is 0 Å². The molecule has 0 amide bonds. The van der Waals surface area contributed by atoms with Crippen molar-refractivity contribution in [2.45, 2.75) is 25.7 Å². The van der Waals surface area contributed by atoms with Gasteiger partial charge in [-0.25, -0.2) is 9.99 Å². The van der Waals surface area contributed by atoms with Gasteiger partial charge < -0.3 is 4.79 Å². The van der Waals surface area contributed by atoms with Crippen molar-refractivity contribution in [2.75, 3.05) is 25.1 Å². The van der Waals surface area contributed by atoms with E-state index >= 15 is 0 Å². The van der Waals surface area contributed by atoms with E-state index < -0.39 is 0 Å². The van der Waals surface area contributed by atoms with E-state index in [2.05, 4.69) is 15.0 Å². The van der Waals surface area contributed by atoms with E-state index in [1.165, 1.54) is 19.3 Å². The number of nitrogens with zero attached hydrogens (tertiary/aromatic N) is 3. The molecule has 0 aromatic carbocycles. The zero-order valence-corrected chi connectivity index (χ0v) is 10.3. The molecule has 1 fully saturated rings. The van der Waals surface area contributed by atoms with E-state index in [-0.39, 0.29) is 0 Å². The van der Waals surface area contributed by atoms with Gasteiger partial charge in [-0.2, -0.15) is 0 Å². The Labute approximate surface area is 102 Å². The van der Waals surface area contributed by atoms with Crippen LogP contribution in [0.1, 0.15) is 24.8 Å². The predicted molar refractivity (Wildman–Crippen MR) is 67.8 cm³/mol. The lowest BCUT2D eigenvalue weighted by atomic mass is 10.1. The second-order valence-electron chi connectivity index (χ2n) is 4.39. The summed E-state index contributed by atoms with van der Waals surface area (Å²) in [5.74, 6) is 0.904. The fourth-order valence-corrected chi connectivity index (χ4v) is 2.28. The molecule has 0 bridgehead atoms. The smallest absolute Gasteiger partial charge is 0.146 e. The van der Waals surface area contributed by atoms with Crippen molar-refractivity contribution in [1.82, 2.24) is 9.99 Å². The Morgan fingerprint density at radius 1 is 1.41 bits per heavy atom. The van der Waals surface area contributed by atoms with Gasteiger partial charge in [0.2, 0.25) is 0 Å². The Morgan fingerprint density at radius 2 is 2.18 bits per heavy atom. The molecule has 0 N–H and O–H groups in total. The summed E-state index contributed by atoms with van der Waals surface area (Å²) in [4.78, 5) is 15.1. The van der Waals surface area contributed by atoms with Crippen LogP contribution in [0, 0.1) is 0 Å². The molecular formula is C13H19N3O. The van der Waals surface area contributed by atoms with Crippen molar-refractivity contribution in [2.24, 2.45) is 0 Å². The molecule has 1 saturated heterocycles. The average Bonchev–Trinajstić information content (AvgIpc) is 2.40. The average molecular weight is 233 g/mol. The van der Waals surface area contributed by atoms with Gasteiger partial charge in [0.25, 0.3) is 0 Å². The summed E-state index contributed by atoms with van der Waals surface area (Å²) in [5.41, 5.74) is 0.996. The number of anilines is 1. The number of hydrogen-bond donors (Lipinski definition) is 0. The standard InChI is InChI=1S/C13H19N3O/c1-15(16-9-3-2-4-10-16)13-12(7-11-17)6-5-8-14-13/h5-6,8,11H,2-4,7,9-10H2,1H3. The maximum atomic E-state index is 10.7. The fraction of sp³-hybridized carbons (Fsp3) is 0.538. The number of aromatic nitrogens is 1. The molecule has 1 aromatic rings. The largest absolute Gasteiger partial charge is 0.303 e. The molecule has 0 spiro atoms. The normalized spacial score (nSPS) is 16.8. The van der Waals surface area contributed by atoms with Crippen molar-refractivity contribution >= 4 is 12.1 Å². The number of pyridine rings is 1. The van der Waals surface area contributed by atoms with Crippen LogP contribution in [0.3, 0.4) is 0 Å². The zero-order chi connectivity index (χ0) is 12.1. The van der Waals surface area contributed by atoms with E-state index in [9.17, 15) is 4.79 Å². The van der Waals surface area contributed by atoms with Crippen LogP contribution in [-0.4, -0.2) is 36.4 Å². The Hall–Kier alpha value is -1.42. The van der Waals surface area contributed by atoms with Crippen molar-refractivity contribution in [1.29, 1.82) is 0 Å². The minimum atomic E-state index is 0.432. The van der Waals surface area contributed by atoms with Crippen molar-refractivity contribution in [3.8, 4) is 0 Å². The summed E-state index contributed by atoms with van der Waals surface area (Å²) in [5, 5.41) is 4.40. The van der Waals surface area contributed by atoms with Crippen LogP contribution in [0.4, 0.5) is 5.82 Å². The lowest BCUT2D eigenvalue weighted by molar-refractivity contribution is -0.107. The summed E-state index contributed by atoms with van der Waals surface area (Å²) >= 11 is 0. The van der Waals surface area contributed by atoms with Gasteiger partial charge in [0.05, 0.1) is 0 Å². The minimum absolute atomic E-state index is 0.432. The number of piperidine rings is 1. The first kappa shape index (κ1) is 12.0. The van der Waals surface area contributed by atoms with E-state index in [0.717, 1.165) is 30.8 Å². The first-order valence-electron chi connectivity index (χ1n) is 6.19. The lowest BCUT2D eigenvalue weighted by Gasteiger charge is -2.36. The first-order chi connectivity index (χ1) is 8.33. The number of carbonyl (C=O) groups excluding carboxylic acids is 1. The van der Waals surface area contributed by atoms with Crippen LogP contribution in [0.2, 0.25) is 0 Å². The van der Waals surface area contributed by atoms with Crippen LogP contribution >= 0.6 is 0 Å². The highest BCUT2D eigenvalue weighted by Crippen LogP contribution is 2.20. The highest BCUT2D eigenvalue weighted by Gasteiger charge is 2.17. The maximum absolute atomic E-state index is 10.7. The van der Waals surface area contributed by atoms with Gasteiger partial charge in [-0.3, -0.25) is 5.01 Å². The third-order valence-corrected chi connectivity index (χ3v) is 3.23. The molecule has 17 heavy (non-hydrogen) atoms. The summed E-state index contributed by atoms with van der Waals surface area (Å²) < 4.78 is 0. The van der Waals surface area contributed by atoms with Gasteiger partial charge in [-0.05, 0) is 18.9 Å². The molecule has 0 atom stereocenters. The maximum Gasteiger partial charge on any atom is 0.146 e. The van der Waals surface area contributed by atoms with Gasteiger partial charge in [0.1, 0.15) is 12.1 Å². The molecule has 1 aliphatic rings. The van der Waals surface area contributed by atoms with Crippen LogP contribution < -0.4 is 5.01 Å². The molecule has 2 heterocycles. The second-order valence-corrected chi connectivity index (χ2v) is 4.39. The first-order valence-corrected chi connectivity index (χ1v) is 6.19. The predicted octanol–water partition coefficient (Wildman–Crippen LogP) is 1.66. The molecule has 0 unspecified atom stereocenters. The Balaban J connectivity index is 2.16. The molecule has 1 aliphatic heterocycles. The summed E-state index contributed by atoms with van der Waals surface area (Å²) in [6, 6.07) is 3.85. The number of rotatable bonds is 4. The van der Waals surface area contributed by atoms with Crippen molar-refractivity contribution in [3.63, 3.8) is 0 Å². The second kappa shape index (κ2) is 5.77. The van der Waals surface area contributed by atoms with Gasteiger partial charge in [-0.15, -0.1) is 0 Å². The number of aldehydes is 1. The molecule has 1 aromatic heterocycles.